The highest BCUT2D eigenvalue weighted by atomic mass is 32.1. The molecule has 1 aromatic rings. The van der Waals surface area contributed by atoms with Crippen LogP contribution in [0.4, 0.5) is 0 Å². The fourth-order valence-corrected chi connectivity index (χ4v) is 1.77. The number of thiocarbonyl (C=S) groups is 1. The molecule has 0 radical (unpaired) electrons. The van der Waals surface area contributed by atoms with Gasteiger partial charge in [0, 0.05) is 25.4 Å². The molecule has 1 rings (SSSR count). The van der Waals surface area contributed by atoms with E-state index in [1.54, 1.807) is 24.1 Å². The molecule has 18 heavy (non-hydrogen) atoms. The van der Waals surface area contributed by atoms with Gasteiger partial charge in [-0.2, -0.15) is 0 Å². The first kappa shape index (κ1) is 14.6. The summed E-state index contributed by atoms with van der Waals surface area (Å²) in [7, 11) is 1.77. The fourth-order valence-electron chi connectivity index (χ4n) is 1.64. The minimum atomic E-state index is -0.0978. The third kappa shape index (κ3) is 4.07. The Morgan fingerprint density at radius 1 is 1.44 bits per heavy atom. The Bertz CT molecular complexity index is 448. The monoisotopic (exact) mass is 265 g/mol. The normalized spacial score (nSPS) is 11.1. The number of hydrogen-bond donors (Lipinski definition) is 1. The van der Waals surface area contributed by atoms with Gasteiger partial charge in [0.1, 0.15) is 10.7 Å². The van der Waals surface area contributed by atoms with Crippen molar-refractivity contribution in [1.82, 2.24) is 9.88 Å². The first-order valence-corrected chi connectivity index (χ1v) is 6.13. The lowest BCUT2D eigenvalue weighted by atomic mass is 9.96. The molecule has 0 unspecified atom stereocenters. The maximum atomic E-state index is 12.1. The van der Waals surface area contributed by atoms with Crippen molar-refractivity contribution in [2.24, 2.45) is 11.1 Å². The largest absolute Gasteiger partial charge is 0.389 e. The summed E-state index contributed by atoms with van der Waals surface area (Å²) < 4.78 is 0. The molecule has 0 bridgehead atoms. The van der Waals surface area contributed by atoms with Crippen molar-refractivity contribution in [3.8, 4) is 0 Å². The van der Waals surface area contributed by atoms with Crippen LogP contribution in [0.1, 0.15) is 36.8 Å². The summed E-state index contributed by atoms with van der Waals surface area (Å²) in [5, 5.41) is 0. The summed E-state index contributed by atoms with van der Waals surface area (Å²) in [4.78, 5) is 18.1. The number of nitrogens with two attached hydrogens (primary N) is 1. The zero-order valence-electron chi connectivity index (χ0n) is 11.2. The molecule has 0 aromatic carbocycles. The average Bonchev–Trinajstić information content (AvgIpc) is 2.26. The molecule has 0 aliphatic rings. The van der Waals surface area contributed by atoms with Crippen molar-refractivity contribution in [2.75, 3.05) is 13.6 Å². The van der Waals surface area contributed by atoms with Gasteiger partial charge < -0.3 is 10.6 Å². The Labute approximate surface area is 113 Å². The number of rotatable bonds is 3. The van der Waals surface area contributed by atoms with E-state index < -0.39 is 0 Å². The summed E-state index contributed by atoms with van der Waals surface area (Å²) in [6, 6.07) is 3.36. The third-order valence-electron chi connectivity index (χ3n) is 2.33. The molecule has 98 valence electrons. The molecule has 0 saturated heterocycles. The van der Waals surface area contributed by atoms with Crippen LogP contribution in [0.3, 0.4) is 0 Å². The third-order valence-corrected chi connectivity index (χ3v) is 2.56. The molecule has 0 aliphatic carbocycles. The SMILES string of the molecule is CN(CC(C)(C)C)C(=O)c1ccc(C(N)=S)cn1. The van der Waals surface area contributed by atoms with Crippen LogP contribution >= 0.6 is 12.2 Å². The minimum absolute atomic E-state index is 0.0587. The summed E-state index contributed by atoms with van der Waals surface area (Å²) in [6.45, 7) is 6.92. The van der Waals surface area contributed by atoms with E-state index in [1.165, 1.54) is 6.20 Å². The molecule has 0 spiro atoms. The smallest absolute Gasteiger partial charge is 0.272 e. The Morgan fingerprint density at radius 3 is 2.44 bits per heavy atom. The molecule has 0 saturated carbocycles. The van der Waals surface area contributed by atoms with Crippen molar-refractivity contribution < 1.29 is 4.79 Å². The second kappa shape index (κ2) is 5.44. The van der Waals surface area contributed by atoms with E-state index in [0.29, 0.717) is 17.8 Å². The Hall–Kier alpha value is -1.49. The number of pyridine rings is 1. The van der Waals surface area contributed by atoms with Gasteiger partial charge >= 0.3 is 0 Å². The van der Waals surface area contributed by atoms with E-state index >= 15 is 0 Å². The zero-order valence-corrected chi connectivity index (χ0v) is 12.0. The highest BCUT2D eigenvalue weighted by Gasteiger charge is 2.19. The summed E-state index contributed by atoms with van der Waals surface area (Å²) in [5.74, 6) is -0.0978. The minimum Gasteiger partial charge on any atom is -0.389 e. The van der Waals surface area contributed by atoms with E-state index in [0.717, 1.165) is 0 Å². The topological polar surface area (TPSA) is 59.2 Å². The van der Waals surface area contributed by atoms with Gasteiger partial charge in [0.2, 0.25) is 0 Å². The molecule has 0 aliphatic heterocycles. The Balaban J connectivity index is 2.81. The lowest BCUT2D eigenvalue weighted by Gasteiger charge is -2.26. The van der Waals surface area contributed by atoms with Crippen LogP contribution in [0, 0.1) is 5.41 Å². The van der Waals surface area contributed by atoms with Crippen molar-refractivity contribution in [3.05, 3.63) is 29.6 Å². The number of hydrogen-bond acceptors (Lipinski definition) is 3. The van der Waals surface area contributed by atoms with E-state index in [1.807, 2.05) is 0 Å². The van der Waals surface area contributed by atoms with Crippen LogP contribution in [0.2, 0.25) is 0 Å². The number of amides is 1. The van der Waals surface area contributed by atoms with Gasteiger partial charge in [-0.25, -0.2) is 0 Å². The van der Waals surface area contributed by atoms with E-state index in [4.69, 9.17) is 18.0 Å². The quantitative estimate of drug-likeness (QED) is 0.847. The molecule has 0 fully saturated rings. The lowest BCUT2D eigenvalue weighted by Crippen LogP contribution is -2.35. The summed E-state index contributed by atoms with van der Waals surface area (Å²) in [5.41, 5.74) is 6.61. The zero-order chi connectivity index (χ0) is 13.9. The van der Waals surface area contributed by atoms with Crippen LogP contribution in [0.15, 0.2) is 18.3 Å². The van der Waals surface area contributed by atoms with E-state index in [2.05, 4.69) is 25.8 Å². The first-order valence-electron chi connectivity index (χ1n) is 5.72. The van der Waals surface area contributed by atoms with Crippen LogP contribution < -0.4 is 5.73 Å². The molecule has 5 heteroatoms. The molecular formula is C13H19N3OS. The van der Waals surface area contributed by atoms with Crippen molar-refractivity contribution >= 4 is 23.1 Å². The maximum absolute atomic E-state index is 12.1. The van der Waals surface area contributed by atoms with Gasteiger partial charge in [-0.05, 0) is 17.5 Å². The number of carbonyl (C=O) groups is 1. The van der Waals surface area contributed by atoms with Crippen LogP contribution in [0.25, 0.3) is 0 Å². The Morgan fingerprint density at radius 2 is 2.06 bits per heavy atom. The fraction of sp³-hybridized carbons (Fsp3) is 0.462. The van der Waals surface area contributed by atoms with E-state index in [-0.39, 0.29) is 16.3 Å². The number of nitrogens with zero attached hydrogens (tertiary/aromatic N) is 2. The highest BCUT2D eigenvalue weighted by Crippen LogP contribution is 2.15. The summed E-state index contributed by atoms with van der Waals surface area (Å²) >= 11 is 4.84. The van der Waals surface area contributed by atoms with Gasteiger partial charge in [0.25, 0.3) is 5.91 Å². The van der Waals surface area contributed by atoms with Crippen molar-refractivity contribution in [3.63, 3.8) is 0 Å². The molecule has 2 N–H and O–H groups in total. The second-order valence-corrected chi connectivity index (χ2v) is 5.96. The van der Waals surface area contributed by atoms with Crippen molar-refractivity contribution in [1.29, 1.82) is 0 Å². The van der Waals surface area contributed by atoms with Crippen LogP contribution in [-0.4, -0.2) is 34.4 Å². The first-order chi connectivity index (χ1) is 8.20. The maximum Gasteiger partial charge on any atom is 0.272 e. The molecule has 4 nitrogen and oxygen atoms in total. The van der Waals surface area contributed by atoms with Gasteiger partial charge in [-0.1, -0.05) is 33.0 Å². The average molecular weight is 265 g/mol. The predicted octanol–water partition coefficient (Wildman–Crippen LogP) is 1.83. The molecule has 0 atom stereocenters. The van der Waals surface area contributed by atoms with E-state index in [9.17, 15) is 4.79 Å². The van der Waals surface area contributed by atoms with Crippen LogP contribution in [-0.2, 0) is 0 Å². The predicted molar refractivity (Wildman–Crippen MR) is 76.5 cm³/mol. The summed E-state index contributed by atoms with van der Waals surface area (Å²) in [6.07, 6.45) is 1.53. The molecular weight excluding hydrogens is 246 g/mol. The number of carbonyl (C=O) groups excluding carboxylic acids is 1. The lowest BCUT2D eigenvalue weighted by molar-refractivity contribution is 0.0740. The standard InChI is InChI=1S/C13H19N3OS/c1-13(2,3)8-16(4)12(17)10-6-5-9(7-15-10)11(14)18/h5-7H,8H2,1-4H3,(H2,14,18). The Kier molecular flexibility index (Phi) is 4.40. The van der Waals surface area contributed by atoms with Gasteiger partial charge in [0.05, 0.1) is 0 Å². The van der Waals surface area contributed by atoms with Gasteiger partial charge in [0.15, 0.2) is 0 Å². The van der Waals surface area contributed by atoms with Crippen molar-refractivity contribution in [2.45, 2.75) is 20.8 Å². The van der Waals surface area contributed by atoms with Gasteiger partial charge in [-0.15, -0.1) is 0 Å². The van der Waals surface area contributed by atoms with Crippen LogP contribution in [0.5, 0.6) is 0 Å². The molecule has 1 aromatic heterocycles. The molecule has 1 amide bonds. The highest BCUT2D eigenvalue weighted by molar-refractivity contribution is 7.80. The van der Waals surface area contributed by atoms with Gasteiger partial charge in [-0.3, -0.25) is 9.78 Å². The molecule has 1 heterocycles. The number of aromatic nitrogens is 1. The second-order valence-electron chi connectivity index (χ2n) is 5.52.